The van der Waals surface area contributed by atoms with Gasteiger partial charge in [-0.1, -0.05) is 88.1 Å². The summed E-state index contributed by atoms with van der Waals surface area (Å²) >= 11 is 3.23. The Balaban J connectivity index is 0.872. The molecular weight excluding hydrogens is 1000 g/mol. The van der Waals surface area contributed by atoms with E-state index in [1.807, 2.05) is 76.2 Å². The van der Waals surface area contributed by atoms with Crippen molar-refractivity contribution >= 4 is 70.8 Å². The molecule has 4 heterocycles. The summed E-state index contributed by atoms with van der Waals surface area (Å²) in [4.78, 5) is 114. The molecule has 20 heteroatoms. The monoisotopic (exact) mass is 1080 g/mol. The number of hydrogen-bond acceptors (Lipinski definition) is 12. The van der Waals surface area contributed by atoms with Gasteiger partial charge in [0, 0.05) is 0 Å². The quantitative estimate of drug-likeness (QED) is 0.126. The zero-order chi connectivity index (χ0) is 54.6. The summed E-state index contributed by atoms with van der Waals surface area (Å²) in [6.07, 6.45) is 2.86. The molecule has 0 bridgehead atoms. The highest BCUT2D eigenvalue weighted by molar-refractivity contribution is 8.00. The van der Waals surface area contributed by atoms with E-state index in [0.717, 1.165) is 22.3 Å². The van der Waals surface area contributed by atoms with E-state index in [-0.39, 0.29) is 71.1 Å². The third-order valence-electron chi connectivity index (χ3n) is 16.1. The maximum absolute atomic E-state index is 14.5. The first-order valence-corrected chi connectivity index (χ1v) is 28.5. The van der Waals surface area contributed by atoms with Crippen molar-refractivity contribution < 1.29 is 38.4 Å². The van der Waals surface area contributed by atoms with Gasteiger partial charge in [0.25, 0.3) is 0 Å². The van der Waals surface area contributed by atoms with Crippen LogP contribution in [0.15, 0.2) is 48.5 Å². The van der Waals surface area contributed by atoms with Crippen molar-refractivity contribution in [3.05, 3.63) is 70.8 Å². The molecule has 2 aliphatic carbocycles. The molecule has 2 aromatic carbocycles. The molecular formula is C56H72N10O8S2. The molecule has 12 atom stereocenters. The molecule has 8 amide bonds. The van der Waals surface area contributed by atoms with Gasteiger partial charge in [-0.2, -0.15) is 0 Å². The molecule has 0 radical (unpaired) electrons. The van der Waals surface area contributed by atoms with Crippen molar-refractivity contribution in [1.29, 1.82) is 0 Å². The number of likely N-dealkylation sites (N-methyl/N-ethyl adjacent to an activating group) is 2. The molecule has 8 rings (SSSR count). The predicted molar refractivity (Wildman–Crippen MR) is 291 cm³/mol. The van der Waals surface area contributed by atoms with Crippen molar-refractivity contribution in [1.82, 2.24) is 52.3 Å². The maximum Gasteiger partial charge on any atom is 0.246 e. The highest BCUT2D eigenvalue weighted by Gasteiger charge is 2.57. The van der Waals surface area contributed by atoms with Crippen LogP contribution in [0.1, 0.15) is 102 Å². The fourth-order valence-corrected chi connectivity index (χ4v) is 14.9. The zero-order valence-electron chi connectivity index (χ0n) is 44.6. The zero-order valence-corrected chi connectivity index (χ0v) is 46.2. The molecule has 2 unspecified atom stereocenters. The summed E-state index contributed by atoms with van der Waals surface area (Å²) in [7, 11) is 3.35. The standard InChI is InChI=1S/C56H72N10O8S2/c1-31(57-7)47(67)61-39-21-25-75-41-29-55(3,4)45(65(41)53(39)73)51(71)63-43-35-19-13-11-17-33(35)27-37(43)49(69)59-23-15-9-10-16-24-60-50(70)38-28-34-18-12-14-20-36(34)44(38)64-52(72)46-56(5,6)30-42-66(46)54(74)40(22-26-76-42)62-48(68)32(2)58-8/h11-14,17-20,31-32,37-46,57-58H,21-30H2,1-8H3,(H,59,69)(H,60,70)(H,61,67)(H,62,68)(H,63,71)(H,64,72)/t31-,32-,37+,38+,39+,40+,41?,42?,43-,44-,45+,46+/m0/s1. The predicted octanol–water partition coefficient (Wildman–Crippen LogP) is 1.65. The summed E-state index contributed by atoms with van der Waals surface area (Å²) in [6.45, 7) is 11.3. The smallest absolute Gasteiger partial charge is 0.246 e. The third kappa shape index (κ3) is 11.8. The summed E-state index contributed by atoms with van der Waals surface area (Å²) in [6, 6.07) is 9.70. The highest BCUT2D eigenvalue weighted by Crippen LogP contribution is 2.49. The molecule has 76 heavy (non-hydrogen) atoms. The first-order valence-electron chi connectivity index (χ1n) is 26.4. The van der Waals surface area contributed by atoms with Crippen LogP contribution in [0.2, 0.25) is 0 Å². The number of nitrogens with one attached hydrogen (secondary N) is 8. The van der Waals surface area contributed by atoms with Crippen molar-refractivity contribution in [2.75, 3.05) is 38.7 Å². The number of carbonyl (C=O) groups excluding carboxylic acids is 8. The van der Waals surface area contributed by atoms with Crippen LogP contribution in [-0.2, 0) is 51.2 Å². The Morgan fingerprint density at radius 2 is 0.974 bits per heavy atom. The van der Waals surface area contributed by atoms with Crippen LogP contribution in [0.4, 0.5) is 0 Å². The van der Waals surface area contributed by atoms with Crippen LogP contribution < -0.4 is 42.5 Å². The van der Waals surface area contributed by atoms with Gasteiger partial charge in [0.1, 0.15) is 24.2 Å². The average Bonchev–Trinajstić information content (AvgIpc) is 4.08. The fourth-order valence-electron chi connectivity index (χ4n) is 11.8. The average molecular weight is 1080 g/mol. The molecule has 0 spiro atoms. The van der Waals surface area contributed by atoms with Crippen molar-refractivity contribution in [3.63, 3.8) is 0 Å². The van der Waals surface area contributed by atoms with Crippen LogP contribution in [0, 0.1) is 46.3 Å². The van der Waals surface area contributed by atoms with E-state index in [2.05, 4.69) is 66.2 Å². The Morgan fingerprint density at radius 1 is 0.592 bits per heavy atom. The van der Waals surface area contributed by atoms with E-state index in [4.69, 9.17) is 0 Å². The van der Waals surface area contributed by atoms with E-state index in [1.165, 1.54) is 0 Å². The molecule has 8 N–H and O–H groups in total. The SMILES string of the molecule is CN[C@@H](C)C(=O)N[C@@H]1CCSC2CC(C)(C)[C@@H](C(=O)N[C@H]3c4ccccc4C[C@H]3C(=O)NCC#CC#CCNC(=O)[C@@H]3Cc4ccccc4[C@@H]3NC(=O)[C@H]3N4C(=O)[C@H](NC(=O)[C@H](C)NC)CCSC4CC3(C)C)N2C1=O. The number of carbonyl (C=O) groups is 8. The third-order valence-corrected chi connectivity index (χ3v) is 18.6. The molecule has 4 saturated heterocycles. The Morgan fingerprint density at radius 3 is 1.36 bits per heavy atom. The fraction of sp³-hybridized carbons (Fsp3) is 0.571. The summed E-state index contributed by atoms with van der Waals surface area (Å²) in [5.74, 6) is 8.75. The molecule has 406 valence electrons. The number of rotatable bonds is 14. The van der Waals surface area contributed by atoms with Gasteiger partial charge < -0.3 is 52.3 Å². The van der Waals surface area contributed by atoms with Gasteiger partial charge >= 0.3 is 0 Å². The molecule has 0 aromatic heterocycles. The Hall–Kier alpha value is -6.06. The Kier molecular flexibility index (Phi) is 17.5. The molecule has 2 aromatic rings. The minimum atomic E-state index is -0.835. The van der Waals surface area contributed by atoms with Gasteiger partial charge in [0.2, 0.25) is 47.3 Å². The summed E-state index contributed by atoms with van der Waals surface area (Å²) < 4.78 is 0. The van der Waals surface area contributed by atoms with Gasteiger partial charge in [-0.05, 0) is 123 Å². The van der Waals surface area contributed by atoms with Gasteiger partial charge in [-0.25, -0.2) is 0 Å². The van der Waals surface area contributed by atoms with E-state index in [0.29, 0.717) is 50.0 Å². The van der Waals surface area contributed by atoms with Crippen LogP contribution in [0.25, 0.3) is 0 Å². The molecule has 6 aliphatic rings. The van der Waals surface area contributed by atoms with Crippen molar-refractivity contribution in [2.24, 2.45) is 22.7 Å². The number of nitrogens with zero attached hydrogens (tertiary/aromatic N) is 2. The van der Waals surface area contributed by atoms with Gasteiger partial charge in [-0.15, -0.1) is 23.5 Å². The van der Waals surface area contributed by atoms with Crippen molar-refractivity contribution in [2.45, 2.75) is 139 Å². The van der Waals surface area contributed by atoms with Crippen LogP contribution in [0.5, 0.6) is 0 Å². The minimum Gasteiger partial charge on any atom is -0.347 e. The lowest BCUT2D eigenvalue weighted by Gasteiger charge is -2.35. The molecule has 0 saturated carbocycles. The number of benzene rings is 2. The van der Waals surface area contributed by atoms with E-state index in [9.17, 15) is 38.4 Å². The molecule has 18 nitrogen and oxygen atoms in total. The van der Waals surface area contributed by atoms with Crippen molar-refractivity contribution in [3.8, 4) is 23.7 Å². The number of hydrogen-bond donors (Lipinski definition) is 8. The van der Waals surface area contributed by atoms with Crippen LogP contribution in [0.3, 0.4) is 0 Å². The minimum absolute atomic E-state index is 0.0176. The van der Waals surface area contributed by atoms with Gasteiger partial charge in [0.15, 0.2) is 0 Å². The second-order valence-corrected chi connectivity index (χ2v) is 24.7. The first kappa shape index (κ1) is 56.2. The normalized spacial score (nSPS) is 28.4. The van der Waals surface area contributed by atoms with Gasteiger partial charge in [-0.3, -0.25) is 38.4 Å². The lowest BCUT2D eigenvalue weighted by Crippen LogP contribution is -2.58. The summed E-state index contributed by atoms with van der Waals surface area (Å²) in [5.41, 5.74) is 2.35. The Bertz CT molecular complexity index is 2570. The number of fused-ring (bicyclic) bond motifs is 4. The lowest BCUT2D eigenvalue weighted by molar-refractivity contribution is -0.144. The lowest BCUT2D eigenvalue weighted by atomic mass is 9.83. The molecule has 4 aliphatic heterocycles. The largest absolute Gasteiger partial charge is 0.347 e. The highest BCUT2D eigenvalue weighted by atomic mass is 32.2. The number of thioether (sulfide) groups is 2. The topological polar surface area (TPSA) is 239 Å². The van der Waals surface area contributed by atoms with Crippen LogP contribution >= 0.6 is 23.5 Å². The summed E-state index contributed by atoms with van der Waals surface area (Å²) in [5, 5.41) is 23.3. The second kappa shape index (κ2) is 23.7. The van der Waals surface area contributed by atoms with E-state index >= 15 is 0 Å². The van der Waals surface area contributed by atoms with Crippen LogP contribution in [-0.4, -0.2) is 143 Å². The molecule has 4 fully saturated rings. The van der Waals surface area contributed by atoms with Gasteiger partial charge in [0.05, 0.1) is 59.8 Å². The first-order chi connectivity index (χ1) is 36.3. The second-order valence-electron chi connectivity index (χ2n) is 22.1. The number of amides is 8. The van der Waals surface area contributed by atoms with E-state index in [1.54, 1.807) is 61.3 Å². The van der Waals surface area contributed by atoms with E-state index < -0.39 is 71.0 Å². The maximum atomic E-state index is 14.5. The Labute approximate surface area is 454 Å².